The predicted molar refractivity (Wildman–Crippen MR) is 117 cm³/mol. The fraction of sp³-hybridized carbons (Fsp3) is 0.611. The highest BCUT2D eigenvalue weighted by molar-refractivity contribution is 14.0. The van der Waals surface area contributed by atoms with Gasteiger partial charge in [0.15, 0.2) is 5.96 Å². The molecule has 0 heterocycles. The minimum Gasteiger partial charge on any atom is -0.382 e. The van der Waals surface area contributed by atoms with Gasteiger partial charge in [-0.05, 0) is 56.2 Å². The van der Waals surface area contributed by atoms with Crippen molar-refractivity contribution in [1.29, 1.82) is 0 Å². The van der Waals surface area contributed by atoms with E-state index in [0.717, 1.165) is 31.7 Å². The fourth-order valence-electron chi connectivity index (χ4n) is 3.05. The Labute approximate surface area is 177 Å². The third-order valence-electron chi connectivity index (χ3n) is 4.77. The van der Waals surface area contributed by atoms with Gasteiger partial charge in [-0.2, -0.15) is 0 Å². The highest BCUT2D eigenvalue weighted by Crippen LogP contribution is 2.44. The number of nitrogens with two attached hydrogens (primary N) is 1. The zero-order valence-corrected chi connectivity index (χ0v) is 18.7. The molecular weight excluding hydrogens is 472 g/mol. The topological polar surface area (TPSA) is 59.6 Å². The maximum Gasteiger partial charge on any atom is 0.189 e. The number of ether oxygens (including phenoxy) is 1. The lowest BCUT2D eigenvalue weighted by atomic mass is 9.67. The zero-order chi connectivity index (χ0) is 17.6. The van der Waals surface area contributed by atoms with E-state index < -0.39 is 0 Å². The van der Waals surface area contributed by atoms with Crippen LogP contribution in [-0.4, -0.2) is 25.7 Å². The van der Waals surface area contributed by atoms with Crippen LogP contribution >= 0.6 is 47.2 Å². The average Bonchev–Trinajstić information content (AvgIpc) is 2.49. The molecule has 4 nitrogen and oxygen atoms in total. The summed E-state index contributed by atoms with van der Waals surface area (Å²) in [5, 5.41) is 4.46. The van der Waals surface area contributed by atoms with Crippen molar-refractivity contribution >= 4 is 53.1 Å². The van der Waals surface area contributed by atoms with Crippen molar-refractivity contribution in [3.05, 3.63) is 33.8 Å². The van der Waals surface area contributed by atoms with Crippen LogP contribution in [0.15, 0.2) is 23.2 Å². The minimum absolute atomic E-state index is 0. The van der Waals surface area contributed by atoms with Crippen molar-refractivity contribution in [2.75, 3.05) is 19.8 Å². The Morgan fingerprint density at radius 1 is 1.40 bits per heavy atom. The minimum atomic E-state index is -0.0284. The molecule has 1 unspecified atom stereocenters. The Hall–Kier alpha value is -0.240. The van der Waals surface area contributed by atoms with Crippen LogP contribution in [0.1, 0.15) is 51.1 Å². The second-order valence-electron chi connectivity index (χ2n) is 6.53. The monoisotopic (exact) mass is 499 g/mol. The molecule has 0 radical (unpaired) electrons. The second-order valence-corrected chi connectivity index (χ2v) is 7.38. The van der Waals surface area contributed by atoms with E-state index in [-0.39, 0.29) is 35.4 Å². The van der Waals surface area contributed by atoms with Crippen molar-refractivity contribution in [1.82, 2.24) is 5.32 Å². The van der Waals surface area contributed by atoms with Gasteiger partial charge in [-0.25, -0.2) is 0 Å². The van der Waals surface area contributed by atoms with Crippen LogP contribution in [0.2, 0.25) is 10.0 Å². The van der Waals surface area contributed by atoms with Crippen molar-refractivity contribution in [3.8, 4) is 0 Å². The van der Waals surface area contributed by atoms with Crippen LogP contribution in [0.4, 0.5) is 0 Å². The summed E-state index contributed by atoms with van der Waals surface area (Å²) in [6.07, 6.45) is 4.73. The molecule has 0 aliphatic heterocycles. The number of guanidine groups is 1. The molecule has 0 spiro atoms. The lowest BCUT2D eigenvalue weighted by Gasteiger charge is -2.40. The number of nitrogens with zero attached hydrogens (tertiary/aromatic N) is 1. The molecule has 1 atom stereocenters. The van der Waals surface area contributed by atoms with Crippen LogP contribution in [0.5, 0.6) is 0 Å². The summed E-state index contributed by atoms with van der Waals surface area (Å²) in [6.45, 7) is 6.35. The summed E-state index contributed by atoms with van der Waals surface area (Å²) in [6, 6.07) is 5.44. The van der Waals surface area contributed by atoms with Gasteiger partial charge in [0.1, 0.15) is 0 Å². The van der Waals surface area contributed by atoms with Gasteiger partial charge in [0, 0.05) is 29.8 Å². The Bertz CT molecular complexity index is 579. The van der Waals surface area contributed by atoms with Crippen molar-refractivity contribution < 1.29 is 4.74 Å². The maximum atomic E-state index is 6.24. The van der Waals surface area contributed by atoms with Crippen LogP contribution in [0.3, 0.4) is 0 Å². The molecule has 0 amide bonds. The normalized spacial score (nSPS) is 17.4. The third kappa shape index (κ3) is 6.77. The molecule has 0 aromatic heterocycles. The van der Waals surface area contributed by atoms with Crippen LogP contribution in [0, 0.1) is 5.41 Å². The number of nitrogens with one attached hydrogen (secondary N) is 1. The average molecular weight is 500 g/mol. The fourth-order valence-corrected chi connectivity index (χ4v) is 3.62. The second kappa shape index (κ2) is 10.8. The molecule has 1 saturated carbocycles. The van der Waals surface area contributed by atoms with Crippen molar-refractivity contribution in [2.45, 2.75) is 45.6 Å². The first-order valence-corrected chi connectivity index (χ1v) is 9.30. The van der Waals surface area contributed by atoms with Gasteiger partial charge in [-0.1, -0.05) is 35.7 Å². The summed E-state index contributed by atoms with van der Waals surface area (Å²) < 4.78 is 5.50. The SMILES string of the molecule is CCOCCC1(CN=C(N)NC(C)c2ccc(Cl)cc2Cl)CCC1.I. The Morgan fingerprint density at radius 2 is 2.12 bits per heavy atom. The van der Waals surface area contributed by atoms with E-state index in [0.29, 0.717) is 16.0 Å². The largest absolute Gasteiger partial charge is 0.382 e. The Balaban J connectivity index is 0.00000312. The molecular formula is C18H28Cl2IN3O. The van der Waals surface area contributed by atoms with Gasteiger partial charge >= 0.3 is 0 Å². The summed E-state index contributed by atoms with van der Waals surface area (Å²) in [7, 11) is 0. The molecule has 0 saturated heterocycles. The lowest BCUT2D eigenvalue weighted by Crippen LogP contribution is -2.38. The van der Waals surface area contributed by atoms with Gasteiger partial charge in [-0.3, -0.25) is 4.99 Å². The van der Waals surface area contributed by atoms with Crippen molar-refractivity contribution in [3.63, 3.8) is 0 Å². The zero-order valence-electron chi connectivity index (χ0n) is 14.9. The van der Waals surface area contributed by atoms with Gasteiger partial charge < -0.3 is 15.8 Å². The molecule has 1 fully saturated rings. The first-order valence-electron chi connectivity index (χ1n) is 8.55. The van der Waals surface area contributed by atoms with Crippen LogP contribution < -0.4 is 11.1 Å². The van der Waals surface area contributed by atoms with E-state index in [1.807, 2.05) is 26.0 Å². The Kier molecular flexibility index (Phi) is 9.85. The first kappa shape index (κ1) is 22.8. The molecule has 3 N–H and O–H groups in total. The molecule has 2 rings (SSSR count). The highest BCUT2D eigenvalue weighted by atomic mass is 127. The van der Waals surface area contributed by atoms with Gasteiger partial charge in [-0.15, -0.1) is 24.0 Å². The third-order valence-corrected chi connectivity index (χ3v) is 5.34. The summed E-state index contributed by atoms with van der Waals surface area (Å²) in [5.74, 6) is 0.455. The number of rotatable bonds is 8. The standard InChI is InChI=1S/C18H27Cl2N3O.HI/c1-3-24-10-9-18(7-4-8-18)12-22-17(21)23-13(2)15-6-5-14(19)11-16(15)20;/h5-6,11,13H,3-4,7-10,12H2,1-2H3,(H3,21,22,23);1H. The summed E-state index contributed by atoms with van der Waals surface area (Å²) in [4.78, 5) is 4.57. The number of hydrogen-bond acceptors (Lipinski definition) is 2. The summed E-state index contributed by atoms with van der Waals surface area (Å²) >= 11 is 12.2. The van der Waals surface area contributed by atoms with Gasteiger partial charge in [0.05, 0.1) is 6.04 Å². The van der Waals surface area contributed by atoms with Gasteiger partial charge in [0.25, 0.3) is 0 Å². The number of benzene rings is 1. The van der Waals surface area contributed by atoms with E-state index in [9.17, 15) is 0 Å². The molecule has 142 valence electrons. The molecule has 0 bridgehead atoms. The molecule has 7 heteroatoms. The van der Waals surface area contributed by atoms with E-state index in [1.165, 1.54) is 19.3 Å². The molecule has 1 aliphatic rings. The van der Waals surface area contributed by atoms with E-state index in [2.05, 4.69) is 10.3 Å². The van der Waals surface area contributed by atoms with Crippen molar-refractivity contribution in [2.24, 2.45) is 16.1 Å². The number of halogens is 3. The van der Waals surface area contributed by atoms with E-state index in [1.54, 1.807) is 6.07 Å². The number of aliphatic imine (C=N–C) groups is 1. The molecule has 1 aromatic rings. The predicted octanol–water partition coefficient (Wildman–Crippen LogP) is 5.17. The summed E-state index contributed by atoms with van der Waals surface area (Å²) in [5.41, 5.74) is 7.29. The Morgan fingerprint density at radius 3 is 2.68 bits per heavy atom. The van der Waals surface area contributed by atoms with E-state index >= 15 is 0 Å². The number of hydrogen-bond donors (Lipinski definition) is 2. The van der Waals surface area contributed by atoms with Crippen LogP contribution in [-0.2, 0) is 4.74 Å². The first-order chi connectivity index (χ1) is 11.5. The van der Waals surface area contributed by atoms with E-state index in [4.69, 9.17) is 33.7 Å². The van der Waals surface area contributed by atoms with Crippen LogP contribution in [0.25, 0.3) is 0 Å². The smallest absolute Gasteiger partial charge is 0.189 e. The quantitative estimate of drug-likeness (QED) is 0.224. The molecule has 1 aliphatic carbocycles. The molecule has 25 heavy (non-hydrogen) atoms. The molecule has 1 aromatic carbocycles. The van der Waals surface area contributed by atoms with Gasteiger partial charge in [0.2, 0.25) is 0 Å². The lowest BCUT2D eigenvalue weighted by molar-refractivity contribution is 0.0609. The highest BCUT2D eigenvalue weighted by Gasteiger charge is 2.36. The maximum absolute atomic E-state index is 6.24.